The fraction of sp³-hybridized carbons (Fsp3) is 0.500. The first-order valence-electron chi connectivity index (χ1n) is 7.28. The van der Waals surface area contributed by atoms with Gasteiger partial charge in [0.2, 0.25) is 11.8 Å². The van der Waals surface area contributed by atoms with Gasteiger partial charge in [0, 0.05) is 25.8 Å². The molecule has 1 aromatic carbocycles. The second-order valence-corrected chi connectivity index (χ2v) is 5.26. The zero-order chi connectivity index (χ0) is 14.4. The second kappa shape index (κ2) is 7.08. The molecule has 1 aliphatic rings. The van der Waals surface area contributed by atoms with Crippen LogP contribution in [0.5, 0.6) is 0 Å². The van der Waals surface area contributed by atoms with Gasteiger partial charge in [-0.05, 0) is 25.0 Å². The summed E-state index contributed by atoms with van der Waals surface area (Å²) in [6, 6.07) is 9.41. The monoisotopic (exact) mass is 274 g/mol. The molecule has 0 saturated carbocycles. The van der Waals surface area contributed by atoms with E-state index in [-0.39, 0.29) is 18.2 Å². The maximum absolute atomic E-state index is 12.2. The first-order chi connectivity index (χ1) is 9.68. The van der Waals surface area contributed by atoms with Gasteiger partial charge in [-0.2, -0.15) is 0 Å². The van der Waals surface area contributed by atoms with Crippen LogP contribution in [0.3, 0.4) is 0 Å². The molecule has 20 heavy (non-hydrogen) atoms. The van der Waals surface area contributed by atoms with Gasteiger partial charge in [-0.3, -0.25) is 9.59 Å². The Hall–Kier alpha value is -1.84. The lowest BCUT2D eigenvalue weighted by atomic mass is 10.2. The van der Waals surface area contributed by atoms with E-state index in [1.807, 2.05) is 35.2 Å². The van der Waals surface area contributed by atoms with Crippen molar-refractivity contribution >= 4 is 17.5 Å². The maximum atomic E-state index is 12.2. The van der Waals surface area contributed by atoms with Crippen molar-refractivity contribution in [2.45, 2.75) is 32.1 Å². The Balaban J connectivity index is 1.91. The Morgan fingerprint density at radius 3 is 2.25 bits per heavy atom. The molecule has 4 heteroatoms. The van der Waals surface area contributed by atoms with Gasteiger partial charge in [-0.15, -0.1) is 0 Å². The minimum Gasteiger partial charge on any atom is -0.342 e. The molecule has 0 spiro atoms. The number of benzene rings is 1. The molecular formula is C16H22N2O2. The lowest BCUT2D eigenvalue weighted by Crippen LogP contribution is -2.37. The number of para-hydroxylation sites is 1. The highest BCUT2D eigenvalue weighted by Crippen LogP contribution is 2.14. The van der Waals surface area contributed by atoms with Gasteiger partial charge < -0.3 is 9.80 Å². The first-order valence-corrected chi connectivity index (χ1v) is 7.28. The minimum atomic E-state index is -0.148. The molecule has 1 saturated heterocycles. The predicted octanol–water partition coefficient (Wildman–Crippen LogP) is 2.44. The minimum absolute atomic E-state index is 0.0363. The Morgan fingerprint density at radius 1 is 1.05 bits per heavy atom. The van der Waals surface area contributed by atoms with Crippen LogP contribution in [0.4, 0.5) is 5.69 Å². The Labute approximate surface area is 120 Å². The molecule has 1 heterocycles. The molecule has 1 aliphatic heterocycles. The van der Waals surface area contributed by atoms with Crippen molar-refractivity contribution < 1.29 is 9.59 Å². The quantitative estimate of drug-likeness (QED) is 0.794. The van der Waals surface area contributed by atoms with Crippen LogP contribution in [-0.4, -0.2) is 36.9 Å². The number of carbonyl (C=O) groups excluding carboxylic acids is 2. The molecule has 0 bridgehead atoms. The van der Waals surface area contributed by atoms with Crippen molar-refractivity contribution in [1.29, 1.82) is 0 Å². The molecule has 0 atom stereocenters. The fourth-order valence-electron chi connectivity index (χ4n) is 2.48. The van der Waals surface area contributed by atoms with Crippen molar-refractivity contribution in [2.75, 3.05) is 25.0 Å². The molecule has 1 fully saturated rings. The highest BCUT2D eigenvalue weighted by molar-refractivity contribution is 6.04. The number of hydrogen-bond donors (Lipinski definition) is 0. The number of likely N-dealkylation sites (tertiary alicyclic amines) is 1. The number of hydrogen-bond acceptors (Lipinski definition) is 2. The molecule has 4 nitrogen and oxygen atoms in total. The van der Waals surface area contributed by atoms with E-state index in [0.717, 1.165) is 31.6 Å². The van der Waals surface area contributed by atoms with Crippen LogP contribution in [0.1, 0.15) is 32.1 Å². The van der Waals surface area contributed by atoms with Gasteiger partial charge in [0.15, 0.2) is 0 Å². The molecular weight excluding hydrogens is 252 g/mol. The average molecular weight is 274 g/mol. The fourth-order valence-corrected chi connectivity index (χ4v) is 2.48. The van der Waals surface area contributed by atoms with E-state index >= 15 is 0 Å². The van der Waals surface area contributed by atoms with Crippen LogP contribution < -0.4 is 4.90 Å². The van der Waals surface area contributed by atoms with Gasteiger partial charge in [0.25, 0.3) is 0 Å². The van der Waals surface area contributed by atoms with Crippen LogP contribution in [0.2, 0.25) is 0 Å². The summed E-state index contributed by atoms with van der Waals surface area (Å²) in [5, 5.41) is 0. The standard InChI is InChI=1S/C16H22N2O2/c1-17(14-9-5-4-6-10-14)15(19)13-16(20)18-11-7-2-3-8-12-18/h4-6,9-10H,2-3,7-8,11-13H2,1H3. The summed E-state index contributed by atoms with van der Waals surface area (Å²) in [7, 11) is 1.72. The third-order valence-electron chi connectivity index (χ3n) is 3.78. The largest absolute Gasteiger partial charge is 0.342 e. The maximum Gasteiger partial charge on any atom is 0.236 e. The Morgan fingerprint density at radius 2 is 1.65 bits per heavy atom. The highest BCUT2D eigenvalue weighted by Gasteiger charge is 2.20. The van der Waals surface area contributed by atoms with Crippen molar-refractivity contribution in [3.05, 3.63) is 30.3 Å². The first kappa shape index (κ1) is 14.6. The smallest absolute Gasteiger partial charge is 0.236 e. The van der Waals surface area contributed by atoms with E-state index in [1.165, 1.54) is 12.8 Å². The third-order valence-corrected chi connectivity index (χ3v) is 3.78. The van der Waals surface area contributed by atoms with E-state index in [4.69, 9.17) is 0 Å². The van der Waals surface area contributed by atoms with E-state index < -0.39 is 0 Å². The van der Waals surface area contributed by atoms with Crippen molar-refractivity contribution in [3.8, 4) is 0 Å². The molecule has 0 aliphatic carbocycles. The number of rotatable bonds is 3. The Kier molecular flexibility index (Phi) is 5.16. The summed E-state index contributed by atoms with van der Waals surface area (Å²) in [5.74, 6) is -0.190. The zero-order valence-corrected chi connectivity index (χ0v) is 12.0. The number of nitrogens with zero attached hydrogens (tertiary/aromatic N) is 2. The summed E-state index contributed by atoms with van der Waals surface area (Å²) in [4.78, 5) is 27.7. The van der Waals surface area contributed by atoms with E-state index in [2.05, 4.69) is 0 Å². The second-order valence-electron chi connectivity index (χ2n) is 5.26. The van der Waals surface area contributed by atoms with Gasteiger partial charge in [-0.25, -0.2) is 0 Å². The van der Waals surface area contributed by atoms with Crippen molar-refractivity contribution in [3.63, 3.8) is 0 Å². The van der Waals surface area contributed by atoms with Crippen LogP contribution in [0.25, 0.3) is 0 Å². The molecule has 108 valence electrons. The van der Waals surface area contributed by atoms with Gasteiger partial charge >= 0.3 is 0 Å². The normalized spacial score (nSPS) is 15.6. The molecule has 0 unspecified atom stereocenters. The molecule has 2 amide bonds. The number of carbonyl (C=O) groups is 2. The lowest BCUT2D eigenvalue weighted by molar-refractivity contribution is -0.135. The van der Waals surface area contributed by atoms with Crippen LogP contribution in [-0.2, 0) is 9.59 Å². The van der Waals surface area contributed by atoms with Crippen LogP contribution in [0.15, 0.2) is 30.3 Å². The van der Waals surface area contributed by atoms with Gasteiger partial charge in [-0.1, -0.05) is 31.0 Å². The van der Waals surface area contributed by atoms with E-state index in [1.54, 1.807) is 11.9 Å². The van der Waals surface area contributed by atoms with Crippen molar-refractivity contribution in [1.82, 2.24) is 4.90 Å². The summed E-state index contributed by atoms with van der Waals surface area (Å²) >= 11 is 0. The van der Waals surface area contributed by atoms with Gasteiger partial charge in [0.05, 0.1) is 0 Å². The van der Waals surface area contributed by atoms with Gasteiger partial charge in [0.1, 0.15) is 6.42 Å². The molecule has 0 N–H and O–H groups in total. The third kappa shape index (κ3) is 3.83. The Bertz CT molecular complexity index is 451. The molecule has 0 radical (unpaired) electrons. The number of amides is 2. The molecule has 2 rings (SSSR count). The van der Waals surface area contributed by atoms with Crippen molar-refractivity contribution in [2.24, 2.45) is 0 Å². The SMILES string of the molecule is CN(C(=O)CC(=O)N1CCCCCC1)c1ccccc1. The lowest BCUT2D eigenvalue weighted by Gasteiger charge is -2.22. The predicted molar refractivity (Wildman–Crippen MR) is 79.5 cm³/mol. The summed E-state index contributed by atoms with van der Waals surface area (Å²) < 4.78 is 0. The molecule has 1 aromatic rings. The topological polar surface area (TPSA) is 40.6 Å². The molecule has 0 aromatic heterocycles. The zero-order valence-electron chi connectivity index (χ0n) is 12.0. The summed E-state index contributed by atoms with van der Waals surface area (Å²) in [6.45, 7) is 1.59. The van der Waals surface area contributed by atoms with Crippen LogP contribution >= 0.6 is 0 Å². The van der Waals surface area contributed by atoms with E-state index in [0.29, 0.717) is 0 Å². The average Bonchev–Trinajstić information content (AvgIpc) is 2.76. The highest BCUT2D eigenvalue weighted by atomic mass is 16.2. The number of anilines is 1. The summed E-state index contributed by atoms with van der Waals surface area (Å²) in [5.41, 5.74) is 0.821. The van der Waals surface area contributed by atoms with E-state index in [9.17, 15) is 9.59 Å². The summed E-state index contributed by atoms with van der Waals surface area (Å²) in [6.07, 6.45) is 4.43. The van der Waals surface area contributed by atoms with Crippen LogP contribution in [0, 0.1) is 0 Å².